The van der Waals surface area contributed by atoms with Gasteiger partial charge in [0.1, 0.15) is 5.82 Å². The second-order valence-corrected chi connectivity index (χ2v) is 6.93. The molecule has 0 aliphatic carbocycles. The molecule has 1 aromatic heterocycles. The van der Waals surface area contributed by atoms with Crippen molar-refractivity contribution < 1.29 is 14.3 Å². The summed E-state index contributed by atoms with van der Waals surface area (Å²) in [6, 6.07) is 14.3. The van der Waals surface area contributed by atoms with Crippen LogP contribution in [0.15, 0.2) is 48.5 Å². The van der Waals surface area contributed by atoms with Crippen LogP contribution < -0.4 is 5.32 Å². The van der Waals surface area contributed by atoms with Gasteiger partial charge in [-0.25, -0.2) is 9.29 Å². The molecule has 132 valence electrons. The Labute approximate surface area is 149 Å². The fraction of sp³-hybridized carbons (Fsp3) is 0.250. The van der Waals surface area contributed by atoms with E-state index in [1.54, 1.807) is 17.0 Å². The first kappa shape index (κ1) is 15.5. The molecule has 2 N–H and O–H groups in total. The van der Waals surface area contributed by atoms with E-state index in [0.717, 1.165) is 27.7 Å². The Morgan fingerprint density at radius 1 is 1.15 bits per heavy atom. The Balaban J connectivity index is 1.64. The maximum atomic E-state index is 13.2. The molecule has 2 atom stereocenters. The molecule has 1 fully saturated rings. The van der Waals surface area contributed by atoms with E-state index < -0.39 is 6.35 Å². The van der Waals surface area contributed by atoms with E-state index in [-0.39, 0.29) is 17.8 Å². The zero-order valence-corrected chi connectivity index (χ0v) is 14.0. The minimum atomic E-state index is -0.946. The Kier molecular flexibility index (Phi) is 3.38. The number of para-hydroxylation sites is 1. The predicted octanol–water partition coefficient (Wildman–Crippen LogP) is 1.96. The third-order valence-electron chi connectivity index (χ3n) is 5.47. The van der Waals surface area contributed by atoms with Crippen LogP contribution in [0.3, 0.4) is 0 Å². The molecule has 6 heteroatoms. The standard InChI is InChI=1S/C20H18FN3O2/c21-13-7-5-12(6-8-13)10-23-16-4-2-1-3-14(16)15-9-17-19(25)22-20(26)24(17)11-18(15)23/h1-8,17,20,26H,9-11H2,(H,22,25). The number of nitrogens with one attached hydrogen (secondary N) is 1. The highest BCUT2D eigenvalue weighted by atomic mass is 19.1. The van der Waals surface area contributed by atoms with E-state index in [1.807, 2.05) is 12.1 Å². The zero-order valence-electron chi connectivity index (χ0n) is 14.0. The van der Waals surface area contributed by atoms with Crippen LogP contribution in [0.25, 0.3) is 10.9 Å². The number of benzene rings is 2. The van der Waals surface area contributed by atoms with Crippen molar-refractivity contribution in [3.8, 4) is 0 Å². The number of aliphatic hydroxyl groups excluding tert-OH is 1. The number of aliphatic hydroxyl groups is 1. The minimum absolute atomic E-state index is 0.126. The number of hydrogen-bond donors (Lipinski definition) is 2. The molecule has 2 aliphatic heterocycles. The van der Waals surface area contributed by atoms with Gasteiger partial charge in [-0.3, -0.25) is 4.79 Å². The van der Waals surface area contributed by atoms with E-state index in [1.165, 1.54) is 12.1 Å². The fourth-order valence-electron chi connectivity index (χ4n) is 4.19. The molecule has 0 spiro atoms. The first-order valence-corrected chi connectivity index (χ1v) is 8.69. The third-order valence-corrected chi connectivity index (χ3v) is 5.47. The van der Waals surface area contributed by atoms with Crippen molar-refractivity contribution in [3.05, 3.63) is 71.2 Å². The maximum Gasteiger partial charge on any atom is 0.240 e. The number of nitrogens with zero attached hydrogens (tertiary/aromatic N) is 2. The van der Waals surface area contributed by atoms with Gasteiger partial charge in [-0.2, -0.15) is 0 Å². The van der Waals surface area contributed by atoms with Crippen molar-refractivity contribution in [1.29, 1.82) is 0 Å². The maximum absolute atomic E-state index is 13.2. The quantitative estimate of drug-likeness (QED) is 0.742. The van der Waals surface area contributed by atoms with E-state index in [4.69, 9.17) is 0 Å². The minimum Gasteiger partial charge on any atom is -0.361 e. The number of amides is 1. The van der Waals surface area contributed by atoms with Gasteiger partial charge in [-0.15, -0.1) is 0 Å². The summed E-state index contributed by atoms with van der Waals surface area (Å²) in [6.07, 6.45) is -0.368. The molecule has 26 heavy (non-hydrogen) atoms. The molecule has 5 nitrogen and oxygen atoms in total. The molecule has 1 saturated heterocycles. The lowest BCUT2D eigenvalue weighted by Gasteiger charge is -2.30. The first-order valence-electron chi connectivity index (χ1n) is 8.69. The highest BCUT2D eigenvalue weighted by Gasteiger charge is 2.43. The third kappa shape index (κ3) is 2.26. The zero-order chi connectivity index (χ0) is 17.8. The Morgan fingerprint density at radius 3 is 2.73 bits per heavy atom. The molecule has 1 amide bonds. The summed E-state index contributed by atoms with van der Waals surface area (Å²) in [6.45, 7) is 1.11. The van der Waals surface area contributed by atoms with Crippen molar-refractivity contribution >= 4 is 16.8 Å². The Morgan fingerprint density at radius 2 is 1.92 bits per heavy atom. The van der Waals surface area contributed by atoms with Crippen LogP contribution >= 0.6 is 0 Å². The van der Waals surface area contributed by atoms with Gasteiger partial charge in [0.05, 0.1) is 6.04 Å². The molecule has 5 rings (SSSR count). The summed E-state index contributed by atoms with van der Waals surface area (Å²) in [4.78, 5) is 13.9. The van der Waals surface area contributed by atoms with Crippen LogP contribution in [0, 0.1) is 5.82 Å². The van der Waals surface area contributed by atoms with Gasteiger partial charge in [0, 0.05) is 29.7 Å². The number of carbonyl (C=O) groups excluding carboxylic acids is 1. The number of halogens is 1. The topological polar surface area (TPSA) is 57.5 Å². The van der Waals surface area contributed by atoms with Crippen LogP contribution in [-0.4, -0.2) is 32.9 Å². The second-order valence-electron chi connectivity index (χ2n) is 6.93. The van der Waals surface area contributed by atoms with Crippen molar-refractivity contribution in [2.75, 3.05) is 0 Å². The highest BCUT2D eigenvalue weighted by molar-refractivity contribution is 5.89. The summed E-state index contributed by atoms with van der Waals surface area (Å²) in [5.41, 5.74) is 4.36. The molecule has 0 saturated carbocycles. The van der Waals surface area contributed by atoms with Crippen LogP contribution in [0.4, 0.5) is 4.39 Å². The van der Waals surface area contributed by atoms with Crippen molar-refractivity contribution in [2.24, 2.45) is 0 Å². The average molecular weight is 351 g/mol. The molecule has 0 radical (unpaired) electrons. The Hall–Kier alpha value is -2.70. The lowest BCUT2D eigenvalue weighted by molar-refractivity contribution is -0.121. The number of aromatic nitrogens is 1. The predicted molar refractivity (Wildman–Crippen MR) is 94.6 cm³/mol. The van der Waals surface area contributed by atoms with Gasteiger partial charge in [0.25, 0.3) is 0 Å². The number of rotatable bonds is 2. The average Bonchev–Trinajstić information content (AvgIpc) is 3.10. The van der Waals surface area contributed by atoms with Crippen molar-refractivity contribution in [2.45, 2.75) is 31.9 Å². The summed E-state index contributed by atoms with van der Waals surface area (Å²) in [5.74, 6) is -0.376. The van der Waals surface area contributed by atoms with Crippen LogP contribution in [0.5, 0.6) is 0 Å². The van der Waals surface area contributed by atoms with E-state index in [2.05, 4.69) is 22.0 Å². The number of carbonyl (C=O) groups is 1. The monoisotopic (exact) mass is 351 g/mol. The molecule has 3 heterocycles. The summed E-state index contributed by atoms with van der Waals surface area (Å²) in [5, 5.41) is 13.9. The Bertz CT molecular complexity index is 1010. The summed E-state index contributed by atoms with van der Waals surface area (Å²) >= 11 is 0. The smallest absolute Gasteiger partial charge is 0.240 e. The summed E-state index contributed by atoms with van der Waals surface area (Å²) < 4.78 is 15.5. The molecular formula is C20H18FN3O2. The molecule has 2 aromatic carbocycles. The van der Waals surface area contributed by atoms with Gasteiger partial charge < -0.3 is 15.0 Å². The van der Waals surface area contributed by atoms with Gasteiger partial charge in [0.15, 0.2) is 6.35 Å². The normalized spacial score (nSPS) is 22.3. The lowest BCUT2D eigenvalue weighted by atomic mass is 9.97. The van der Waals surface area contributed by atoms with Crippen LogP contribution in [0.1, 0.15) is 16.8 Å². The SMILES string of the molecule is O=C1NC(O)N2Cc3c(c4ccccc4n3Cc3ccc(F)cc3)CC12. The highest BCUT2D eigenvalue weighted by Crippen LogP contribution is 2.35. The first-order chi connectivity index (χ1) is 12.6. The van der Waals surface area contributed by atoms with E-state index >= 15 is 0 Å². The van der Waals surface area contributed by atoms with E-state index in [9.17, 15) is 14.3 Å². The van der Waals surface area contributed by atoms with Gasteiger partial charge in [-0.05, 0) is 35.7 Å². The van der Waals surface area contributed by atoms with Crippen molar-refractivity contribution in [1.82, 2.24) is 14.8 Å². The number of hydrogen-bond acceptors (Lipinski definition) is 3. The largest absolute Gasteiger partial charge is 0.361 e. The second kappa shape index (κ2) is 5.65. The molecule has 2 aliphatic rings. The van der Waals surface area contributed by atoms with Crippen LogP contribution in [-0.2, 0) is 24.3 Å². The molecule has 0 bridgehead atoms. The van der Waals surface area contributed by atoms with Gasteiger partial charge in [0.2, 0.25) is 5.91 Å². The molecular weight excluding hydrogens is 333 g/mol. The fourth-order valence-corrected chi connectivity index (χ4v) is 4.19. The van der Waals surface area contributed by atoms with Crippen molar-refractivity contribution in [3.63, 3.8) is 0 Å². The van der Waals surface area contributed by atoms with E-state index in [0.29, 0.717) is 19.5 Å². The molecule has 3 aromatic rings. The lowest BCUT2D eigenvalue weighted by Crippen LogP contribution is -2.43. The van der Waals surface area contributed by atoms with Gasteiger partial charge in [-0.1, -0.05) is 30.3 Å². The molecule has 2 unspecified atom stereocenters. The van der Waals surface area contributed by atoms with Crippen LogP contribution in [0.2, 0.25) is 0 Å². The number of fused-ring (bicyclic) bond motifs is 4. The summed E-state index contributed by atoms with van der Waals surface area (Å²) in [7, 11) is 0. The van der Waals surface area contributed by atoms with Gasteiger partial charge >= 0.3 is 0 Å².